The molecule has 5 nitrogen and oxygen atoms in total. The number of rotatable bonds is 2. The molecule has 6 heteroatoms. The van der Waals surface area contributed by atoms with Crippen molar-refractivity contribution in [2.75, 3.05) is 31.2 Å². The number of halogens is 1. The quantitative estimate of drug-likeness (QED) is 0.859. The highest BCUT2D eigenvalue weighted by Gasteiger charge is 2.21. The van der Waals surface area contributed by atoms with Crippen molar-refractivity contribution < 1.29 is 4.74 Å². The van der Waals surface area contributed by atoms with Crippen LogP contribution in [0, 0.1) is 0 Å². The Morgan fingerprint density at radius 1 is 1.37 bits per heavy atom. The fraction of sp³-hybridized carbons (Fsp3) is 0.538. The Morgan fingerprint density at radius 3 is 2.79 bits per heavy atom. The van der Waals surface area contributed by atoms with Crippen LogP contribution in [0.3, 0.4) is 0 Å². The molecule has 0 atom stereocenters. The van der Waals surface area contributed by atoms with Crippen LogP contribution in [-0.4, -0.2) is 41.5 Å². The first-order chi connectivity index (χ1) is 9.16. The van der Waals surface area contributed by atoms with Crippen molar-refractivity contribution in [1.29, 1.82) is 0 Å². The summed E-state index contributed by atoms with van der Waals surface area (Å²) in [4.78, 5) is 6.72. The molecule has 0 saturated carbocycles. The number of morpholine rings is 1. The maximum absolute atomic E-state index is 6.07. The summed E-state index contributed by atoms with van der Waals surface area (Å²) in [6, 6.07) is 1.83. The second-order valence-corrected chi connectivity index (χ2v) is 5.44. The summed E-state index contributed by atoms with van der Waals surface area (Å²) >= 11 is 6.07. The normalized spacial score (nSPS) is 16.5. The molecule has 0 aromatic carbocycles. The third-order valence-corrected chi connectivity index (χ3v) is 3.57. The summed E-state index contributed by atoms with van der Waals surface area (Å²) in [5.74, 6) is 1.27. The average Bonchev–Trinajstić information content (AvgIpc) is 2.82. The number of hydrogen-bond donors (Lipinski definition) is 1. The largest absolute Gasteiger partial charge is 0.378 e. The van der Waals surface area contributed by atoms with Gasteiger partial charge in [-0.3, -0.25) is 5.10 Å². The number of nitrogens with one attached hydrogen (secondary N) is 1. The van der Waals surface area contributed by atoms with Crippen LogP contribution in [0.2, 0.25) is 5.15 Å². The van der Waals surface area contributed by atoms with Gasteiger partial charge >= 0.3 is 0 Å². The molecule has 2 aromatic heterocycles. The van der Waals surface area contributed by atoms with Gasteiger partial charge in [-0.05, 0) is 5.92 Å². The maximum atomic E-state index is 6.07. The molecule has 1 fully saturated rings. The molecule has 1 aliphatic rings. The summed E-state index contributed by atoms with van der Waals surface area (Å²) in [5.41, 5.74) is 1.95. The van der Waals surface area contributed by atoms with Crippen LogP contribution >= 0.6 is 11.6 Å². The molecule has 0 radical (unpaired) electrons. The van der Waals surface area contributed by atoms with E-state index in [4.69, 9.17) is 16.3 Å². The predicted octanol–water partition coefficient (Wildman–Crippen LogP) is 2.57. The minimum atomic E-state index is 0.304. The molecule has 3 rings (SSSR count). The number of aromatic amines is 1. The third kappa shape index (κ3) is 2.28. The number of pyridine rings is 1. The minimum Gasteiger partial charge on any atom is -0.378 e. The molecule has 0 spiro atoms. The number of fused-ring (bicyclic) bond motifs is 1. The first-order valence-corrected chi connectivity index (χ1v) is 6.92. The van der Waals surface area contributed by atoms with Gasteiger partial charge in [-0.15, -0.1) is 0 Å². The number of hydrogen-bond acceptors (Lipinski definition) is 4. The van der Waals surface area contributed by atoms with Crippen molar-refractivity contribution in [2.24, 2.45) is 0 Å². The second-order valence-electron chi connectivity index (χ2n) is 5.05. The van der Waals surface area contributed by atoms with Gasteiger partial charge in [0, 0.05) is 19.2 Å². The van der Waals surface area contributed by atoms with Crippen molar-refractivity contribution >= 4 is 28.3 Å². The van der Waals surface area contributed by atoms with Gasteiger partial charge in [0.2, 0.25) is 0 Å². The molecule has 3 heterocycles. The van der Waals surface area contributed by atoms with Crippen LogP contribution in [0.4, 0.5) is 5.82 Å². The Balaban J connectivity index is 2.14. The first kappa shape index (κ1) is 12.7. The van der Waals surface area contributed by atoms with Gasteiger partial charge in [-0.1, -0.05) is 25.4 Å². The average molecular weight is 281 g/mol. The summed E-state index contributed by atoms with van der Waals surface area (Å²) in [7, 11) is 0. The van der Waals surface area contributed by atoms with Crippen molar-refractivity contribution in [3.8, 4) is 0 Å². The molecule has 0 unspecified atom stereocenters. The summed E-state index contributed by atoms with van der Waals surface area (Å²) in [5, 5.41) is 9.11. The van der Waals surface area contributed by atoms with E-state index in [0.29, 0.717) is 11.1 Å². The van der Waals surface area contributed by atoms with E-state index in [-0.39, 0.29) is 0 Å². The predicted molar refractivity (Wildman–Crippen MR) is 76.0 cm³/mol. The van der Waals surface area contributed by atoms with Gasteiger partial charge in [0.1, 0.15) is 5.15 Å². The third-order valence-electron chi connectivity index (χ3n) is 3.38. The van der Waals surface area contributed by atoms with E-state index in [1.165, 1.54) is 0 Å². The zero-order valence-corrected chi connectivity index (χ0v) is 11.9. The van der Waals surface area contributed by atoms with Crippen molar-refractivity contribution in [3.63, 3.8) is 0 Å². The second kappa shape index (κ2) is 4.98. The van der Waals surface area contributed by atoms with Gasteiger partial charge in [0.25, 0.3) is 0 Å². The molecule has 1 saturated heterocycles. The molecule has 0 aliphatic carbocycles. The van der Waals surface area contributed by atoms with Crippen LogP contribution < -0.4 is 4.90 Å². The number of nitrogens with zero attached hydrogens (tertiary/aromatic N) is 3. The molecule has 0 amide bonds. The highest BCUT2D eigenvalue weighted by molar-refractivity contribution is 6.30. The topological polar surface area (TPSA) is 54.0 Å². The first-order valence-electron chi connectivity index (χ1n) is 6.54. The monoisotopic (exact) mass is 280 g/mol. The molecule has 0 bridgehead atoms. The van der Waals surface area contributed by atoms with Crippen LogP contribution in [0.1, 0.15) is 25.5 Å². The zero-order valence-electron chi connectivity index (χ0n) is 11.1. The highest BCUT2D eigenvalue weighted by Crippen LogP contribution is 2.32. The highest BCUT2D eigenvalue weighted by atomic mass is 35.5. The molecular weight excluding hydrogens is 264 g/mol. The number of H-pyrrole nitrogens is 1. The van der Waals surface area contributed by atoms with Crippen LogP contribution in [0.15, 0.2) is 6.07 Å². The Hall–Kier alpha value is -1.33. The number of anilines is 1. The lowest BCUT2D eigenvalue weighted by Gasteiger charge is -2.27. The minimum absolute atomic E-state index is 0.304. The van der Waals surface area contributed by atoms with Gasteiger partial charge in [0.15, 0.2) is 5.82 Å². The van der Waals surface area contributed by atoms with E-state index in [9.17, 15) is 0 Å². The molecule has 1 N–H and O–H groups in total. The lowest BCUT2D eigenvalue weighted by atomic mass is 10.1. The molecule has 102 valence electrons. The summed E-state index contributed by atoms with van der Waals surface area (Å²) in [6.07, 6.45) is 0. The van der Waals surface area contributed by atoms with Gasteiger partial charge in [0.05, 0.1) is 29.8 Å². The van der Waals surface area contributed by atoms with Crippen molar-refractivity contribution in [3.05, 3.63) is 16.9 Å². The fourth-order valence-electron chi connectivity index (χ4n) is 2.45. The van der Waals surface area contributed by atoms with Crippen molar-refractivity contribution in [2.45, 2.75) is 19.8 Å². The van der Waals surface area contributed by atoms with Gasteiger partial charge in [-0.25, -0.2) is 4.98 Å². The van der Waals surface area contributed by atoms with Gasteiger partial charge in [-0.2, -0.15) is 5.10 Å². The smallest absolute Gasteiger partial charge is 0.160 e. The summed E-state index contributed by atoms with van der Waals surface area (Å²) in [6.45, 7) is 7.45. The zero-order chi connectivity index (χ0) is 13.4. The van der Waals surface area contributed by atoms with Crippen LogP contribution in [0.25, 0.3) is 10.9 Å². The molecule has 1 aliphatic heterocycles. The molecule has 19 heavy (non-hydrogen) atoms. The Morgan fingerprint density at radius 2 is 2.11 bits per heavy atom. The Bertz CT molecular complexity index is 590. The Labute approximate surface area is 116 Å². The van der Waals surface area contributed by atoms with E-state index in [2.05, 4.69) is 33.9 Å². The molecule has 2 aromatic rings. The van der Waals surface area contributed by atoms with E-state index in [1.807, 2.05) is 6.07 Å². The van der Waals surface area contributed by atoms with E-state index in [1.54, 1.807) is 0 Å². The fourth-order valence-corrected chi connectivity index (χ4v) is 2.65. The summed E-state index contributed by atoms with van der Waals surface area (Å²) < 4.78 is 5.39. The number of aromatic nitrogens is 3. The SMILES string of the molecule is CC(C)c1nc(Cl)cc2[nH]nc(N3CCOCC3)c12. The lowest BCUT2D eigenvalue weighted by molar-refractivity contribution is 0.122. The van der Waals surface area contributed by atoms with Crippen molar-refractivity contribution in [1.82, 2.24) is 15.2 Å². The van der Waals surface area contributed by atoms with E-state index < -0.39 is 0 Å². The Kier molecular flexibility index (Phi) is 3.33. The maximum Gasteiger partial charge on any atom is 0.160 e. The van der Waals surface area contributed by atoms with Gasteiger partial charge < -0.3 is 9.64 Å². The van der Waals surface area contributed by atoms with E-state index >= 15 is 0 Å². The van der Waals surface area contributed by atoms with Crippen LogP contribution in [0.5, 0.6) is 0 Å². The molecular formula is C13H17ClN4O. The van der Waals surface area contributed by atoms with Crippen LogP contribution in [-0.2, 0) is 4.74 Å². The standard InChI is InChI=1S/C13H17ClN4O/c1-8(2)12-11-9(7-10(14)15-12)16-17-13(11)18-3-5-19-6-4-18/h7-8H,3-6H2,1-2H3,(H,16,17). The van der Waals surface area contributed by atoms with E-state index in [0.717, 1.165) is 48.7 Å². The number of ether oxygens (including phenoxy) is 1. The lowest BCUT2D eigenvalue weighted by Crippen LogP contribution is -2.36.